The second kappa shape index (κ2) is 7.41. The number of methoxy groups -OCH3 is 1. The second-order valence-corrected chi connectivity index (χ2v) is 7.54. The Balaban J connectivity index is 2.25. The third-order valence-corrected chi connectivity index (χ3v) is 5.15. The first-order valence-electron chi connectivity index (χ1n) is 7.53. The van der Waals surface area contributed by atoms with Crippen molar-refractivity contribution in [3.05, 3.63) is 63.4 Å². The van der Waals surface area contributed by atoms with Crippen LogP contribution >= 0.6 is 27.7 Å². The molecule has 0 fully saturated rings. The number of ether oxygens (including phenoxy) is 1. The summed E-state index contributed by atoms with van der Waals surface area (Å²) in [7, 11) is 1.34. The first-order valence-corrected chi connectivity index (χ1v) is 9.20. The summed E-state index contributed by atoms with van der Waals surface area (Å²) in [6.45, 7) is 1.73. The summed E-state index contributed by atoms with van der Waals surface area (Å²) in [5.74, 6) is -0.366. The highest BCUT2D eigenvalue weighted by Gasteiger charge is 2.20. The van der Waals surface area contributed by atoms with Crippen molar-refractivity contribution in [1.29, 1.82) is 0 Å². The number of hydrogen-bond acceptors (Lipinski definition) is 5. The average Bonchev–Trinajstić information content (AvgIpc) is 2.62. The van der Waals surface area contributed by atoms with Crippen molar-refractivity contribution < 1.29 is 9.53 Å². The fraction of sp³-hybridized carbons (Fsp3) is 0.167. The van der Waals surface area contributed by atoms with Gasteiger partial charge in [-0.2, -0.15) is 0 Å². The van der Waals surface area contributed by atoms with Crippen LogP contribution in [-0.2, 0) is 9.53 Å². The number of para-hydroxylation sites is 1. The molecule has 0 N–H and O–H groups in total. The van der Waals surface area contributed by atoms with E-state index in [2.05, 4.69) is 20.9 Å². The maximum absolute atomic E-state index is 13.1. The topological polar surface area (TPSA) is 61.2 Å². The number of hydrogen-bond donors (Lipinski definition) is 0. The van der Waals surface area contributed by atoms with Crippen LogP contribution in [0.25, 0.3) is 16.6 Å². The molecule has 5 nitrogen and oxygen atoms in total. The summed E-state index contributed by atoms with van der Waals surface area (Å²) >= 11 is 4.59. The summed E-state index contributed by atoms with van der Waals surface area (Å²) in [5.41, 5.74) is 1.10. The third kappa shape index (κ3) is 3.62. The second-order valence-electron chi connectivity index (χ2n) is 5.32. The molecule has 0 saturated carbocycles. The number of rotatable bonds is 4. The number of aromatic nitrogens is 2. The standard InChI is InChI=1S/C18H15BrN2O3S/c1-11(17(23)24-2)25-18-20-15-9-8-12(19)10-14(15)16(22)21(18)13-6-4-3-5-7-13/h3-11H,1-2H3. The van der Waals surface area contributed by atoms with Crippen LogP contribution in [0, 0.1) is 0 Å². The predicted molar refractivity (Wildman–Crippen MR) is 102 cm³/mol. The Morgan fingerprint density at radius 3 is 2.64 bits per heavy atom. The van der Waals surface area contributed by atoms with Gasteiger partial charge in [0.25, 0.3) is 5.56 Å². The van der Waals surface area contributed by atoms with Crippen molar-refractivity contribution in [3.63, 3.8) is 0 Å². The van der Waals surface area contributed by atoms with Gasteiger partial charge in [-0.05, 0) is 37.3 Å². The molecule has 0 bridgehead atoms. The zero-order valence-electron chi connectivity index (χ0n) is 13.6. The SMILES string of the molecule is COC(=O)C(C)Sc1nc2ccc(Br)cc2c(=O)n1-c1ccccc1. The molecule has 0 spiro atoms. The van der Waals surface area contributed by atoms with Crippen molar-refractivity contribution in [2.45, 2.75) is 17.3 Å². The first kappa shape index (κ1) is 17.7. The third-order valence-electron chi connectivity index (χ3n) is 3.63. The van der Waals surface area contributed by atoms with E-state index >= 15 is 0 Å². The van der Waals surface area contributed by atoms with Gasteiger partial charge in [0.05, 0.1) is 23.7 Å². The van der Waals surface area contributed by atoms with Gasteiger partial charge in [-0.3, -0.25) is 14.2 Å². The number of benzene rings is 2. The highest BCUT2D eigenvalue weighted by Crippen LogP contribution is 2.26. The van der Waals surface area contributed by atoms with Crippen LogP contribution in [0.4, 0.5) is 0 Å². The minimum absolute atomic E-state index is 0.183. The number of esters is 1. The Morgan fingerprint density at radius 1 is 1.24 bits per heavy atom. The van der Waals surface area contributed by atoms with Gasteiger partial charge in [0, 0.05) is 4.47 Å². The lowest BCUT2D eigenvalue weighted by molar-refractivity contribution is -0.139. The quantitative estimate of drug-likeness (QED) is 0.366. The maximum Gasteiger partial charge on any atom is 0.318 e. The van der Waals surface area contributed by atoms with Crippen LogP contribution in [0.5, 0.6) is 0 Å². The molecular weight excluding hydrogens is 404 g/mol. The van der Waals surface area contributed by atoms with Crippen LogP contribution in [-0.4, -0.2) is 27.9 Å². The normalized spacial score (nSPS) is 12.1. The van der Waals surface area contributed by atoms with E-state index in [1.54, 1.807) is 19.1 Å². The number of fused-ring (bicyclic) bond motifs is 1. The molecule has 0 aliphatic carbocycles. The number of halogens is 1. The molecule has 3 aromatic rings. The summed E-state index contributed by atoms with van der Waals surface area (Å²) < 4.78 is 7.12. The van der Waals surface area contributed by atoms with E-state index in [0.717, 1.165) is 4.47 Å². The van der Waals surface area contributed by atoms with Gasteiger partial charge in [-0.15, -0.1) is 0 Å². The summed E-state index contributed by atoms with van der Waals surface area (Å²) in [6.07, 6.45) is 0. The zero-order chi connectivity index (χ0) is 18.0. The Morgan fingerprint density at radius 2 is 1.96 bits per heavy atom. The summed E-state index contributed by atoms with van der Waals surface area (Å²) in [4.78, 5) is 29.5. The fourth-order valence-corrected chi connectivity index (χ4v) is 3.71. The molecule has 7 heteroatoms. The monoisotopic (exact) mass is 418 g/mol. The molecule has 1 unspecified atom stereocenters. The molecule has 0 saturated heterocycles. The predicted octanol–water partition coefficient (Wildman–Crippen LogP) is 3.80. The summed E-state index contributed by atoms with van der Waals surface area (Å²) in [6, 6.07) is 14.6. The molecular formula is C18H15BrN2O3S. The van der Waals surface area contributed by atoms with Crippen LogP contribution < -0.4 is 5.56 Å². The molecule has 1 aromatic heterocycles. The molecule has 2 aromatic carbocycles. The van der Waals surface area contributed by atoms with Gasteiger partial charge in [-0.25, -0.2) is 4.98 Å². The van der Waals surface area contributed by atoms with Crippen molar-refractivity contribution >= 4 is 44.6 Å². The van der Waals surface area contributed by atoms with Crippen molar-refractivity contribution in [2.24, 2.45) is 0 Å². The van der Waals surface area contributed by atoms with Gasteiger partial charge in [0.2, 0.25) is 0 Å². The first-order chi connectivity index (χ1) is 12.0. The number of nitrogens with zero attached hydrogens (tertiary/aromatic N) is 2. The van der Waals surface area contributed by atoms with E-state index in [4.69, 9.17) is 4.74 Å². The Labute approximate surface area is 157 Å². The number of carbonyl (C=O) groups is 1. The van der Waals surface area contributed by atoms with Gasteiger partial charge < -0.3 is 4.74 Å². The van der Waals surface area contributed by atoms with Crippen LogP contribution in [0.3, 0.4) is 0 Å². The van der Waals surface area contributed by atoms with Gasteiger partial charge in [-0.1, -0.05) is 45.9 Å². The van der Waals surface area contributed by atoms with Crippen molar-refractivity contribution in [1.82, 2.24) is 9.55 Å². The number of carbonyl (C=O) groups excluding carboxylic acids is 1. The van der Waals surface area contributed by atoms with E-state index in [-0.39, 0.29) is 11.5 Å². The van der Waals surface area contributed by atoms with Gasteiger partial charge >= 0.3 is 5.97 Å². The van der Waals surface area contributed by atoms with Crippen molar-refractivity contribution in [3.8, 4) is 5.69 Å². The lowest BCUT2D eigenvalue weighted by atomic mass is 10.2. The van der Waals surface area contributed by atoms with E-state index in [1.165, 1.54) is 23.4 Å². The average molecular weight is 419 g/mol. The smallest absolute Gasteiger partial charge is 0.318 e. The van der Waals surface area contributed by atoms with E-state index in [0.29, 0.717) is 21.7 Å². The molecule has 3 rings (SSSR count). The lowest BCUT2D eigenvalue weighted by Crippen LogP contribution is -2.24. The Bertz CT molecular complexity index is 989. The van der Waals surface area contributed by atoms with E-state index in [9.17, 15) is 9.59 Å². The van der Waals surface area contributed by atoms with Crippen LogP contribution in [0.2, 0.25) is 0 Å². The minimum Gasteiger partial charge on any atom is -0.468 e. The Kier molecular flexibility index (Phi) is 5.24. The highest BCUT2D eigenvalue weighted by molar-refractivity contribution is 9.10. The highest BCUT2D eigenvalue weighted by atomic mass is 79.9. The largest absolute Gasteiger partial charge is 0.468 e. The molecule has 25 heavy (non-hydrogen) atoms. The Hall–Kier alpha value is -2.12. The molecule has 1 atom stereocenters. The molecule has 0 aliphatic rings. The molecule has 0 amide bonds. The van der Waals surface area contributed by atoms with E-state index in [1.807, 2.05) is 36.4 Å². The molecule has 0 radical (unpaired) electrons. The maximum atomic E-state index is 13.1. The van der Waals surface area contributed by atoms with E-state index < -0.39 is 5.25 Å². The van der Waals surface area contributed by atoms with Crippen LogP contribution in [0.15, 0.2) is 63.0 Å². The fourth-order valence-electron chi connectivity index (χ4n) is 2.39. The van der Waals surface area contributed by atoms with Crippen molar-refractivity contribution in [2.75, 3.05) is 7.11 Å². The summed E-state index contributed by atoms with van der Waals surface area (Å²) in [5, 5.41) is 0.469. The zero-order valence-corrected chi connectivity index (χ0v) is 16.0. The van der Waals surface area contributed by atoms with Gasteiger partial charge in [0.15, 0.2) is 5.16 Å². The molecule has 1 heterocycles. The minimum atomic E-state index is -0.486. The molecule has 128 valence electrons. The van der Waals surface area contributed by atoms with Crippen LogP contribution in [0.1, 0.15) is 6.92 Å². The molecule has 0 aliphatic heterocycles. The number of thioether (sulfide) groups is 1. The lowest BCUT2D eigenvalue weighted by Gasteiger charge is -2.15. The van der Waals surface area contributed by atoms with Gasteiger partial charge in [0.1, 0.15) is 5.25 Å².